The zero-order valence-electron chi connectivity index (χ0n) is 35.2. The van der Waals surface area contributed by atoms with E-state index in [0.29, 0.717) is 12.8 Å². The van der Waals surface area contributed by atoms with Crippen LogP contribution >= 0.6 is 15.6 Å². The third kappa shape index (κ3) is 41.0. The number of hydrogen-bond donors (Lipinski definition) is 0. The molecule has 0 saturated carbocycles. The molecule has 7 nitrogen and oxygen atoms in total. The SMILES string of the molecule is C#CCCCC#N.C#CCCCC#N.CCOCC.F[P-](F)(F)(F)(F)F.F[P-](F)(F)(F)(F)F.[Ru+2].c1ccc(-c2ccccn2)nc1.c1ccc2nc(-c3ccc4ccccc4n3)ccc2c1. The number of benzene rings is 2. The van der Waals surface area contributed by atoms with E-state index >= 15 is 0 Å². The van der Waals surface area contributed by atoms with Gasteiger partial charge in [0.15, 0.2) is 0 Å². The van der Waals surface area contributed by atoms with Gasteiger partial charge in [0, 0.05) is 62.1 Å². The molecule has 0 unspecified atom stereocenters. The van der Waals surface area contributed by atoms with Crippen molar-refractivity contribution in [2.45, 2.75) is 52.4 Å². The first kappa shape index (κ1) is 62.3. The Morgan fingerprint density at radius 2 is 0.788 bits per heavy atom. The molecule has 0 N–H and O–H groups in total. The first-order chi connectivity index (χ1) is 30.0. The molecule has 4 heterocycles. The Morgan fingerprint density at radius 3 is 1.05 bits per heavy atom. The van der Waals surface area contributed by atoms with Gasteiger partial charge < -0.3 is 4.74 Å². The number of rotatable bonds is 8. The number of halogens is 12. The van der Waals surface area contributed by atoms with Gasteiger partial charge in [0.2, 0.25) is 0 Å². The van der Waals surface area contributed by atoms with Gasteiger partial charge in [-0.05, 0) is 75.2 Å². The number of terminal acetylenes is 2. The molecular weight excluding hydrogens is 1020 g/mol. The van der Waals surface area contributed by atoms with Gasteiger partial charge >= 0.3 is 85.5 Å². The van der Waals surface area contributed by atoms with Gasteiger partial charge in [-0.3, -0.25) is 9.97 Å². The number of para-hydroxylation sites is 2. The van der Waals surface area contributed by atoms with Gasteiger partial charge in [-0.25, -0.2) is 9.97 Å². The second-order valence-corrected chi connectivity index (χ2v) is 16.2. The fraction of sp³-hybridized carbons (Fsp3) is 0.227. The summed E-state index contributed by atoms with van der Waals surface area (Å²) in [5, 5.41) is 18.2. The van der Waals surface area contributed by atoms with Crippen molar-refractivity contribution in [1.29, 1.82) is 10.5 Å². The standard InChI is InChI=1S/C18H12N2.C10H8N2.2C6H7N.C4H10O.2F6P.Ru/c1-3-7-15-13(5-1)9-11-17(19-15)18-12-10-14-6-2-4-8-16(14)20-18;1-3-7-11-9(5-1)10-6-2-4-8-12-10;2*1-2-3-4-5-6-7;1-3-5-4-2;2*1-7(2,3,4,5)6;/h1-12H;1-8H;2*1H,3-5H2;3-4H2,1-2H3;;;/q;;;;;2*-1;+2. The normalized spacial score (nSPS) is 12.0. The van der Waals surface area contributed by atoms with Crippen LogP contribution in [-0.2, 0) is 24.2 Å². The molecule has 0 aliphatic carbocycles. The van der Waals surface area contributed by atoms with Crippen LogP contribution in [0.2, 0.25) is 0 Å². The van der Waals surface area contributed by atoms with E-state index in [9.17, 15) is 50.4 Å². The fourth-order valence-electron chi connectivity index (χ4n) is 4.19. The Balaban J connectivity index is 0. The van der Waals surface area contributed by atoms with Crippen molar-refractivity contribution in [3.63, 3.8) is 0 Å². The molecule has 0 aliphatic rings. The van der Waals surface area contributed by atoms with Gasteiger partial charge in [0.05, 0.1) is 45.9 Å². The van der Waals surface area contributed by atoms with Gasteiger partial charge in [-0.15, -0.1) is 24.7 Å². The molecule has 0 radical (unpaired) electrons. The van der Waals surface area contributed by atoms with Crippen LogP contribution in [0.25, 0.3) is 44.6 Å². The van der Waals surface area contributed by atoms with Gasteiger partial charge in [0.1, 0.15) is 0 Å². The molecule has 4 aromatic heterocycles. The summed E-state index contributed by atoms with van der Waals surface area (Å²) in [5.74, 6) is 4.90. The summed E-state index contributed by atoms with van der Waals surface area (Å²) in [6.45, 7) is 5.67. The molecule has 0 aliphatic heterocycles. The van der Waals surface area contributed by atoms with Crippen molar-refractivity contribution < 1.29 is 74.6 Å². The maximum absolute atomic E-state index is 10.7. The van der Waals surface area contributed by atoms with E-state index in [2.05, 4.69) is 56.0 Å². The average molecular weight is 1060 g/mol. The van der Waals surface area contributed by atoms with E-state index in [0.717, 1.165) is 83.5 Å². The van der Waals surface area contributed by atoms with Crippen LogP contribution < -0.4 is 0 Å². The quantitative estimate of drug-likeness (QED) is 0.0491. The molecule has 0 atom stereocenters. The molecule has 0 saturated heterocycles. The summed E-state index contributed by atoms with van der Waals surface area (Å²) in [6.07, 6.45) is 17.7. The molecule has 0 spiro atoms. The van der Waals surface area contributed by atoms with Crippen LogP contribution in [0.4, 0.5) is 50.4 Å². The maximum Gasteiger partial charge on any atom is 2.00 e. The number of unbranched alkanes of at least 4 members (excludes halogenated alkanes) is 4. The predicted molar refractivity (Wildman–Crippen MR) is 236 cm³/mol. The van der Waals surface area contributed by atoms with E-state index in [1.165, 1.54) is 0 Å². The zero-order chi connectivity index (χ0) is 49.6. The van der Waals surface area contributed by atoms with Crippen LogP contribution in [0.5, 0.6) is 0 Å². The molecule has 6 aromatic rings. The number of pyridine rings is 4. The minimum atomic E-state index is -10.7. The first-order valence-corrected chi connectivity index (χ1v) is 22.9. The average Bonchev–Trinajstić information content (AvgIpc) is 3.23. The van der Waals surface area contributed by atoms with Crippen LogP contribution in [0.1, 0.15) is 52.4 Å². The van der Waals surface area contributed by atoms with Crippen molar-refractivity contribution in [1.82, 2.24) is 19.9 Å². The van der Waals surface area contributed by atoms with Crippen LogP contribution in [0, 0.1) is 47.3 Å². The van der Waals surface area contributed by atoms with E-state index in [1.54, 1.807) is 12.4 Å². The van der Waals surface area contributed by atoms with E-state index in [-0.39, 0.29) is 19.5 Å². The Labute approximate surface area is 387 Å². The molecule has 0 fully saturated rings. The van der Waals surface area contributed by atoms with Gasteiger partial charge in [-0.2, -0.15) is 10.5 Å². The minimum absolute atomic E-state index is 0. The Kier molecular flexibility index (Phi) is 26.1. The molecular formula is C44H44F12N6OP2Ru. The summed E-state index contributed by atoms with van der Waals surface area (Å²) >= 11 is 0. The maximum atomic E-state index is 9.87. The van der Waals surface area contributed by atoms with Crippen molar-refractivity contribution in [3.05, 3.63) is 122 Å². The second-order valence-electron chi connectivity index (χ2n) is 12.3. The van der Waals surface area contributed by atoms with Gasteiger partial charge in [0.25, 0.3) is 0 Å². The van der Waals surface area contributed by atoms with Crippen LogP contribution in [-0.4, -0.2) is 33.1 Å². The van der Waals surface area contributed by atoms with Crippen molar-refractivity contribution in [2.24, 2.45) is 0 Å². The molecule has 6 rings (SSSR count). The molecule has 2 aromatic carbocycles. The number of fused-ring (bicyclic) bond motifs is 2. The number of nitrogens with zero attached hydrogens (tertiary/aromatic N) is 6. The second kappa shape index (κ2) is 27.7. The van der Waals surface area contributed by atoms with Crippen LogP contribution in [0.15, 0.2) is 122 Å². The Hall–Kier alpha value is -5.74. The molecule has 358 valence electrons. The van der Waals surface area contributed by atoms with Crippen molar-refractivity contribution in [3.8, 4) is 59.6 Å². The van der Waals surface area contributed by atoms with Crippen molar-refractivity contribution in [2.75, 3.05) is 13.2 Å². The van der Waals surface area contributed by atoms with Crippen molar-refractivity contribution >= 4 is 37.4 Å². The third-order valence-corrected chi connectivity index (χ3v) is 6.68. The monoisotopic (exact) mass is 1060 g/mol. The molecule has 66 heavy (non-hydrogen) atoms. The summed E-state index contributed by atoms with van der Waals surface area (Å²) in [4.78, 5) is 17.8. The smallest absolute Gasteiger partial charge is 0.255 e. The number of ether oxygens (including phenoxy) is 1. The molecule has 0 amide bonds. The number of hydrogen-bond acceptors (Lipinski definition) is 7. The molecule has 0 bridgehead atoms. The van der Waals surface area contributed by atoms with E-state index < -0.39 is 15.6 Å². The fourth-order valence-corrected chi connectivity index (χ4v) is 4.19. The number of aromatic nitrogens is 4. The summed E-state index contributed by atoms with van der Waals surface area (Å²) in [6, 6.07) is 40.1. The summed E-state index contributed by atoms with van der Waals surface area (Å²) < 4.78 is 123. The summed E-state index contributed by atoms with van der Waals surface area (Å²) in [7, 11) is -21.3. The first-order valence-electron chi connectivity index (χ1n) is 18.9. The van der Waals surface area contributed by atoms with Crippen LogP contribution in [0.3, 0.4) is 0 Å². The number of nitriles is 2. The zero-order valence-corrected chi connectivity index (χ0v) is 38.8. The van der Waals surface area contributed by atoms with E-state index in [1.807, 2.05) is 111 Å². The van der Waals surface area contributed by atoms with Gasteiger partial charge in [-0.1, -0.05) is 60.7 Å². The van der Waals surface area contributed by atoms with E-state index in [4.69, 9.17) is 28.1 Å². The third-order valence-electron chi connectivity index (χ3n) is 6.68. The largest absolute Gasteiger partial charge is 2.00 e. The topological polar surface area (TPSA) is 108 Å². The summed E-state index contributed by atoms with van der Waals surface area (Å²) in [5.41, 5.74) is 5.65. The Bertz CT molecular complexity index is 2270. The minimum Gasteiger partial charge on any atom is -0.255 e. The Morgan fingerprint density at radius 1 is 0.470 bits per heavy atom. The molecule has 22 heteroatoms. The predicted octanol–water partition coefficient (Wildman–Crippen LogP) is 17.0.